The second-order valence-corrected chi connectivity index (χ2v) is 10.6. The Balaban J connectivity index is 1.68. The molecule has 0 spiro atoms. The minimum absolute atomic E-state index is 0.136. The van der Waals surface area contributed by atoms with E-state index >= 15 is 0 Å². The molecule has 1 atom stereocenters. The number of carbonyl (C=O) groups is 2. The maximum Gasteiger partial charge on any atom is 0.339 e. The minimum Gasteiger partial charge on any atom is -0.473 e. The average Bonchev–Trinajstić information content (AvgIpc) is 2.96. The van der Waals surface area contributed by atoms with Crippen LogP contribution in [0.1, 0.15) is 50.0 Å². The zero-order chi connectivity index (χ0) is 28.8. The number of fused-ring (bicyclic) bond motifs is 1. The highest BCUT2D eigenvalue weighted by atomic mass is 35.5. The number of benzene rings is 2. The second kappa shape index (κ2) is 13.5. The van der Waals surface area contributed by atoms with Crippen LogP contribution in [0.5, 0.6) is 5.88 Å². The Kier molecular flexibility index (Phi) is 10.1. The molecule has 2 heterocycles. The number of aryl methyl sites for hydroxylation is 2. The summed E-state index contributed by atoms with van der Waals surface area (Å²) >= 11 is 13.3. The molecule has 0 saturated heterocycles. The number of amides is 1. The molecule has 10 heteroatoms. The Hall–Kier alpha value is -3.07. The van der Waals surface area contributed by atoms with Crippen molar-refractivity contribution < 1.29 is 23.8 Å². The van der Waals surface area contributed by atoms with Gasteiger partial charge in [-0.3, -0.25) is 4.79 Å². The maximum atomic E-state index is 13.9. The number of halogens is 2. The molecule has 1 unspecified atom stereocenters. The molecule has 0 fully saturated rings. The normalized spacial score (nSPS) is 13.6. The lowest BCUT2D eigenvalue weighted by Crippen LogP contribution is -2.38. The van der Waals surface area contributed by atoms with E-state index in [0.717, 1.165) is 42.4 Å². The summed E-state index contributed by atoms with van der Waals surface area (Å²) in [5.41, 5.74) is 5.07. The number of carbonyl (C=O) groups excluding carboxylic acids is 2. The fourth-order valence-electron chi connectivity index (χ4n) is 4.91. The van der Waals surface area contributed by atoms with Gasteiger partial charge in [0.2, 0.25) is 5.88 Å². The van der Waals surface area contributed by atoms with Gasteiger partial charge in [-0.1, -0.05) is 66.7 Å². The Bertz CT molecular complexity index is 1390. The highest BCUT2D eigenvalue weighted by Gasteiger charge is 2.34. The number of hydrogen-bond donors (Lipinski definition) is 0. The monoisotopic (exact) mass is 582 g/mol. The summed E-state index contributed by atoms with van der Waals surface area (Å²) in [5.74, 6) is -0.389. The number of esters is 1. The molecule has 7 nitrogen and oxygen atoms in total. The highest BCUT2D eigenvalue weighted by molar-refractivity contribution is 6.37. The number of pyridine rings is 1. The number of nitrogens with zero attached hydrogens (tertiary/aromatic N) is 2. The molecule has 0 radical (unpaired) electrons. The van der Waals surface area contributed by atoms with Gasteiger partial charge in [0.15, 0.2) is 6.10 Å². The van der Waals surface area contributed by atoms with Gasteiger partial charge in [-0.15, -0.1) is 0 Å². The molecule has 4 rings (SSSR count). The van der Waals surface area contributed by atoms with Crippen LogP contribution in [0.3, 0.4) is 0 Å². The van der Waals surface area contributed by atoms with Gasteiger partial charge in [-0.05, 0) is 48.6 Å². The van der Waals surface area contributed by atoms with Crippen LogP contribution >= 0.6 is 23.2 Å². The van der Waals surface area contributed by atoms with Crippen molar-refractivity contribution in [2.24, 2.45) is 0 Å². The Morgan fingerprint density at radius 2 is 1.93 bits per heavy atom. The number of ether oxygens (including phenoxy) is 3. The summed E-state index contributed by atoms with van der Waals surface area (Å²) in [6.45, 7) is 5.27. The van der Waals surface area contributed by atoms with E-state index in [2.05, 4.69) is 12.9 Å². The van der Waals surface area contributed by atoms with Crippen molar-refractivity contribution in [3.63, 3.8) is 0 Å². The molecule has 0 N–H and O–H groups in total. The first-order valence-corrected chi connectivity index (χ1v) is 14.1. The number of hydrogen-bond acceptors (Lipinski definition) is 6. The van der Waals surface area contributed by atoms with Crippen LogP contribution in [-0.2, 0) is 40.3 Å². The minimum atomic E-state index is -1.11. The van der Waals surface area contributed by atoms with E-state index in [1.165, 1.54) is 14.2 Å². The van der Waals surface area contributed by atoms with Crippen molar-refractivity contribution in [2.75, 3.05) is 20.8 Å². The first kappa shape index (κ1) is 29.9. The SMILES string of the molecule is CBCCc1cc(C)c(CN2CCc3c(Cl)cc(C(OC)C(=O)OC)c(Cl)c3C2=O)c(OCc2ccccc2)n1. The zero-order valence-electron chi connectivity index (χ0n) is 23.3. The summed E-state index contributed by atoms with van der Waals surface area (Å²) in [6, 6.07) is 13.6. The van der Waals surface area contributed by atoms with E-state index in [0.29, 0.717) is 41.6 Å². The van der Waals surface area contributed by atoms with E-state index in [1.807, 2.05) is 37.3 Å². The van der Waals surface area contributed by atoms with Crippen LogP contribution in [0, 0.1) is 6.92 Å². The molecule has 3 aromatic rings. The van der Waals surface area contributed by atoms with Crippen LogP contribution in [0.4, 0.5) is 0 Å². The van der Waals surface area contributed by atoms with Crippen molar-refractivity contribution >= 4 is 42.4 Å². The molecule has 1 amide bonds. The standard InChI is InChI=1S/C30H33BCl2N2O5/c1-18-14-20(10-12-31-2)34-28(40-17-19-8-6-5-7-9-19)23(18)16-35-13-11-21-24(32)15-22(26(33)25(21)29(35)36)27(38-3)30(37)39-4/h5-9,14-15,27,31H,10-13,16-17H2,1-4H3. The zero-order valence-corrected chi connectivity index (χ0v) is 24.8. The summed E-state index contributed by atoms with van der Waals surface area (Å²) in [7, 11) is 3.70. The predicted octanol–water partition coefficient (Wildman–Crippen LogP) is 5.78. The van der Waals surface area contributed by atoms with Crippen LogP contribution in [-0.4, -0.2) is 49.8 Å². The van der Waals surface area contributed by atoms with Gasteiger partial charge in [0.25, 0.3) is 5.91 Å². The van der Waals surface area contributed by atoms with Crippen LogP contribution in [0.15, 0.2) is 42.5 Å². The third-order valence-corrected chi connectivity index (χ3v) is 7.87. The van der Waals surface area contributed by atoms with Crippen LogP contribution in [0.25, 0.3) is 0 Å². The van der Waals surface area contributed by atoms with E-state index in [4.69, 9.17) is 42.4 Å². The molecule has 1 aliphatic rings. The first-order chi connectivity index (χ1) is 19.3. The van der Waals surface area contributed by atoms with Crippen molar-refractivity contribution in [1.29, 1.82) is 0 Å². The fraction of sp³-hybridized carbons (Fsp3) is 0.367. The molecule has 40 heavy (non-hydrogen) atoms. The van der Waals surface area contributed by atoms with Crippen molar-refractivity contribution in [3.05, 3.63) is 91.6 Å². The lowest BCUT2D eigenvalue weighted by molar-refractivity contribution is -0.152. The van der Waals surface area contributed by atoms with Crippen LogP contribution in [0.2, 0.25) is 23.2 Å². The molecular weight excluding hydrogens is 550 g/mol. The number of rotatable bonds is 11. The van der Waals surface area contributed by atoms with E-state index in [1.54, 1.807) is 11.0 Å². The molecule has 0 bridgehead atoms. The largest absolute Gasteiger partial charge is 0.473 e. The van der Waals surface area contributed by atoms with Gasteiger partial charge in [-0.2, -0.15) is 0 Å². The maximum absolute atomic E-state index is 13.9. The Morgan fingerprint density at radius 3 is 2.60 bits per heavy atom. The third kappa shape index (κ3) is 6.46. The Morgan fingerprint density at radius 1 is 1.18 bits per heavy atom. The predicted molar refractivity (Wildman–Crippen MR) is 158 cm³/mol. The molecule has 1 aliphatic heterocycles. The van der Waals surface area contributed by atoms with Crippen molar-refractivity contribution in [2.45, 2.75) is 52.2 Å². The summed E-state index contributed by atoms with van der Waals surface area (Å²) in [4.78, 5) is 32.8. The Labute approximate surface area is 246 Å². The topological polar surface area (TPSA) is 78.0 Å². The lowest BCUT2D eigenvalue weighted by atomic mass is 9.76. The molecule has 0 saturated carbocycles. The van der Waals surface area contributed by atoms with E-state index < -0.39 is 12.1 Å². The lowest BCUT2D eigenvalue weighted by Gasteiger charge is -2.32. The number of methoxy groups -OCH3 is 2. The number of aromatic nitrogens is 1. The molecule has 0 aliphatic carbocycles. The summed E-state index contributed by atoms with van der Waals surface area (Å²) in [6.07, 6.45) is 1.29. The molecule has 210 valence electrons. The second-order valence-electron chi connectivity index (χ2n) is 9.82. The van der Waals surface area contributed by atoms with Gasteiger partial charge in [0, 0.05) is 35.5 Å². The van der Waals surface area contributed by atoms with E-state index in [9.17, 15) is 9.59 Å². The smallest absolute Gasteiger partial charge is 0.339 e. The van der Waals surface area contributed by atoms with Gasteiger partial charge >= 0.3 is 5.97 Å². The quantitative estimate of drug-likeness (QED) is 0.211. The van der Waals surface area contributed by atoms with Gasteiger partial charge in [-0.25, -0.2) is 9.78 Å². The van der Waals surface area contributed by atoms with Gasteiger partial charge in [0.1, 0.15) is 13.9 Å². The van der Waals surface area contributed by atoms with Crippen molar-refractivity contribution in [3.8, 4) is 5.88 Å². The third-order valence-electron chi connectivity index (χ3n) is 7.13. The van der Waals surface area contributed by atoms with E-state index in [-0.39, 0.29) is 23.0 Å². The fourth-order valence-corrected chi connectivity index (χ4v) is 5.56. The highest BCUT2D eigenvalue weighted by Crippen LogP contribution is 2.39. The molecule has 1 aromatic heterocycles. The van der Waals surface area contributed by atoms with Gasteiger partial charge < -0.3 is 19.1 Å². The molecule has 2 aromatic carbocycles. The summed E-state index contributed by atoms with van der Waals surface area (Å²) in [5, 5.41) is 0.495. The summed E-state index contributed by atoms with van der Waals surface area (Å²) < 4.78 is 16.5. The van der Waals surface area contributed by atoms with Gasteiger partial charge in [0.05, 0.1) is 24.2 Å². The first-order valence-electron chi connectivity index (χ1n) is 13.4. The average molecular weight is 583 g/mol. The van der Waals surface area contributed by atoms with Crippen molar-refractivity contribution in [1.82, 2.24) is 9.88 Å². The van der Waals surface area contributed by atoms with Crippen LogP contribution < -0.4 is 4.74 Å². The molecular formula is C30H33BCl2N2O5.